The maximum absolute atomic E-state index is 12.6. The highest BCUT2D eigenvalue weighted by molar-refractivity contribution is 6.42. The topological polar surface area (TPSA) is 55.8 Å². The van der Waals surface area contributed by atoms with E-state index in [1.165, 1.54) is 0 Å². The number of esters is 1. The monoisotopic (exact) mass is 421 g/mol. The Balaban J connectivity index is 2.07. The second kappa shape index (κ2) is 8.44. The number of nitrogens with zero attached hydrogens (tertiary/aromatic N) is 1. The van der Waals surface area contributed by atoms with Crippen molar-refractivity contribution in [3.8, 4) is 5.75 Å². The standard InChI is InChI=1S/C21H21Cl2NO4/c1-4-24-10-15(21(26)28-5-2)13-8-12(9-14(13)17(24)11-25)19-18(27-3)7-6-16(22)20(19)23/h6-7,10,12H,4-5,8-9H2,1-3H3. The predicted molar refractivity (Wildman–Crippen MR) is 108 cm³/mol. The molecule has 0 N–H and O–H groups in total. The number of benzene rings is 1. The van der Waals surface area contributed by atoms with E-state index in [0.29, 0.717) is 46.5 Å². The first-order valence-electron chi connectivity index (χ1n) is 9.12. The lowest BCUT2D eigenvalue weighted by Crippen LogP contribution is -2.25. The Morgan fingerprint density at radius 3 is 2.57 bits per heavy atom. The molecule has 1 aliphatic carbocycles. The van der Waals surface area contributed by atoms with Crippen LogP contribution < -0.4 is 4.74 Å². The molecule has 28 heavy (non-hydrogen) atoms. The van der Waals surface area contributed by atoms with Crippen LogP contribution in [0.5, 0.6) is 5.75 Å². The van der Waals surface area contributed by atoms with Crippen LogP contribution in [0.25, 0.3) is 0 Å². The van der Waals surface area contributed by atoms with Crippen molar-refractivity contribution >= 4 is 35.1 Å². The number of rotatable bonds is 5. The van der Waals surface area contributed by atoms with Gasteiger partial charge in [0.25, 0.3) is 0 Å². The molecular weight excluding hydrogens is 401 g/mol. The zero-order chi connectivity index (χ0) is 20.4. The summed E-state index contributed by atoms with van der Waals surface area (Å²) in [6.45, 7) is 4.49. The molecule has 148 valence electrons. The molecule has 2 aliphatic rings. The van der Waals surface area contributed by atoms with Gasteiger partial charge < -0.3 is 14.4 Å². The second-order valence-corrected chi connectivity index (χ2v) is 7.32. The van der Waals surface area contributed by atoms with Crippen LogP contribution in [0.4, 0.5) is 0 Å². The first-order valence-corrected chi connectivity index (χ1v) is 9.87. The van der Waals surface area contributed by atoms with Crippen molar-refractivity contribution in [3.05, 3.63) is 56.4 Å². The fraction of sp³-hybridized carbons (Fsp3) is 0.381. The average Bonchev–Trinajstić information content (AvgIpc) is 3.13. The number of hydrogen-bond acceptors (Lipinski definition) is 5. The Hall–Kier alpha value is -2.20. The minimum Gasteiger partial charge on any atom is -0.496 e. The number of ether oxygens (including phenoxy) is 2. The number of likely N-dealkylation sites (N-methyl/N-ethyl adjacent to an activating group) is 1. The Bertz CT molecular complexity index is 929. The summed E-state index contributed by atoms with van der Waals surface area (Å²) in [5.74, 6) is 2.19. The highest BCUT2D eigenvalue weighted by Crippen LogP contribution is 2.51. The summed E-state index contributed by atoms with van der Waals surface area (Å²) in [5, 5.41) is 0.862. The van der Waals surface area contributed by atoms with E-state index >= 15 is 0 Å². The van der Waals surface area contributed by atoms with Gasteiger partial charge in [-0.25, -0.2) is 9.59 Å². The number of allylic oxidation sites excluding steroid dienone is 1. The third-order valence-electron chi connectivity index (χ3n) is 5.10. The van der Waals surface area contributed by atoms with Crippen LogP contribution in [-0.2, 0) is 14.3 Å². The molecule has 1 unspecified atom stereocenters. The SMILES string of the molecule is CCOC(=O)C1=CN(CC)C(=C=O)C2=C1CC(c1c(OC)ccc(Cl)c1Cl)C2. The van der Waals surface area contributed by atoms with Crippen molar-refractivity contribution in [1.29, 1.82) is 0 Å². The molecule has 7 heteroatoms. The molecular formula is C21H21Cl2NO4. The van der Waals surface area contributed by atoms with Gasteiger partial charge in [0.15, 0.2) is 5.94 Å². The number of methoxy groups -OCH3 is 1. The smallest absolute Gasteiger partial charge is 0.339 e. The summed E-state index contributed by atoms with van der Waals surface area (Å²) in [7, 11) is 1.57. The quantitative estimate of drug-likeness (QED) is 0.510. The number of carbonyl (C=O) groups excluding carboxylic acids is 2. The summed E-state index contributed by atoms with van der Waals surface area (Å²) < 4.78 is 10.7. The van der Waals surface area contributed by atoms with Crippen molar-refractivity contribution in [2.75, 3.05) is 20.3 Å². The molecule has 1 aromatic rings. The lowest BCUT2D eigenvalue weighted by molar-refractivity contribution is -0.138. The largest absolute Gasteiger partial charge is 0.496 e. The van der Waals surface area contributed by atoms with Crippen LogP contribution in [0, 0.1) is 0 Å². The summed E-state index contributed by atoms with van der Waals surface area (Å²) >= 11 is 12.7. The third kappa shape index (κ3) is 3.46. The maximum atomic E-state index is 12.6. The van der Waals surface area contributed by atoms with Crippen LogP contribution in [0.3, 0.4) is 0 Å². The normalized spacial score (nSPS) is 18.6. The van der Waals surface area contributed by atoms with E-state index in [1.54, 1.807) is 37.3 Å². The van der Waals surface area contributed by atoms with E-state index in [2.05, 4.69) is 0 Å². The van der Waals surface area contributed by atoms with Crippen molar-refractivity contribution < 1.29 is 19.1 Å². The fourth-order valence-corrected chi connectivity index (χ4v) is 4.34. The summed E-state index contributed by atoms with van der Waals surface area (Å²) in [6, 6.07) is 3.46. The molecule has 5 nitrogen and oxygen atoms in total. The summed E-state index contributed by atoms with van der Waals surface area (Å²) in [5.41, 5.74) is 3.29. The molecule has 1 atom stereocenters. The van der Waals surface area contributed by atoms with Gasteiger partial charge in [0, 0.05) is 18.3 Å². The molecule has 0 radical (unpaired) electrons. The lowest BCUT2D eigenvalue weighted by atomic mass is 9.93. The molecule has 0 saturated heterocycles. The van der Waals surface area contributed by atoms with E-state index in [1.807, 2.05) is 12.9 Å². The Morgan fingerprint density at radius 1 is 1.25 bits per heavy atom. The minimum absolute atomic E-state index is 0.0795. The highest BCUT2D eigenvalue weighted by Gasteiger charge is 2.38. The van der Waals surface area contributed by atoms with Crippen molar-refractivity contribution in [3.63, 3.8) is 0 Å². The van der Waals surface area contributed by atoms with E-state index in [-0.39, 0.29) is 12.5 Å². The van der Waals surface area contributed by atoms with Gasteiger partial charge >= 0.3 is 5.97 Å². The van der Waals surface area contributed by atoms with E-state index < -0.39 is 5.97 Å². The Labute approximate surface area is 174 Å². The zero-order valence-electron chi connectivity index (χ0n) is 16.0. The highest BCUT2D eigenvalue weighted by atomic mass is 35.5. The molecule has 0 spiro atoms. The van der Waals surface area contributed by atoms with Crippen molar-refractivity contribution in [1.82, 2.24) is 4.90 Å². The Morgan fingerprint density at radius 2 is 1.96 bits per heavy atom. The maximum Gasteiger partial charge on any atom is 0.339 e. The molecule has 1 aliphatic heterocycles. The first kappa shape index (κ1) is 20.5. The molecule has 1 aromatic carbocycles. The zero-order valence-corrected chi connectivity index (χ0v) is 17.5. The van der Waals surface area contributed by atoms with Crippen LogP contribution in [0.1, 0.15) is 38.2 Å². The number of carbonyl (C=O) groups is 1. The van der Waals surface area contributed by atoms with Crippen molar-refractivity contribution in [2.45, 2.75) is 32.6 Å². The summed E-state index contributed by atoms with van der Waals surface area (Å²) in [4.78, 5) is 26.0. The van der Waals surface area contributed by atoms with Gasteiger partial charge in [-0.15, -0.1) is 0 Å². The molecule has 0 aromatic heterocycles. The number of hydrogen-bond donors (Lipinski definition) is 0. The van der Waals surface area contributed by atoms with Crippen LogP contribution in [0.15, 0.2) is 40.7 Å². The van der Waals surface area contributed by atoms with E-state index in [0.717, 1.165) is 16.7 Å². The third-order valence-corrected chi connectivity index (χ3v) is 5.92. The van der Waals surface area contributed by atoms with Gasteiger partial charge in [-0.2, -0.15) is 0 Å². The van der Waals surface area contributed by atoms with Crippen LogP contribution in [-0.4, -0.2) is 37.1 Å². The van der Waals surface area contributed by atoms with Gasteiger partial charge in [0.1, 0.15) is 11.4 Å². The van der Waals surface area contributed by atoms with E-state index in [4.69, 9.17) is 32.7 Å². The molecule has 0 bridgehead atoms. The fourth-order valence-electron chi connectivity index (χ4n) is 3.86. The van der Waals surface area contributed by atoms with Gasteiger partial charge in [-0.05, 0) is 55.9 Å². The second-order valence-electron chi connectivity index (χ2n) is 6.54. The number of halogens is 2. The Kier molecular flexibility index (Phi) is 6.19. The lowest BCUT2D eigenvalue weighted by Gasteiger charge is -2.27. The first-order chi connectivity index (χ1) is 13.5. The van der Waals surface area contributed by atoms with Gasteiger partial charge in [-0.3, -0.25) is 0 Å². The summed E-state index contributed by atoms with van der Waals surface area (Å²) in [6.07, 6.45) is 2.74. The van der Waals surface area contributed by atoms with Gasteiger partial charge in [0.2, 0.25) is 0 Å². The predicted octanol–water partition coefficient (Wildman–Crippen LogP) is 4.67. The molecule has 0 amide bonds. The average molecular weight is 422 g/mol. The molecule has 3 rings (SSSR count). The molecule has 1 heterocycles. The van der Waals surface area contributed by atoms with Gasteiger partial charge in [0.05, 0.1) is 29.3 Å². The molecule has 0 fully saturated rings. The van der Waals surface area contributed by atoms with Crippen LogP contribution in [0.2, 0.25) is 10.0 Å². The van der Waals surface area contributed by atoms with Crippen molar-refractivity contribution in [2.24, 2.45) is 0 Å². The van der Waals surface area contributed by atoms with E-state index in [9.17, 15) is 9.59 Å². The minimum atomic E-state index is -0.400. The molecule has 0 saturated carbocycles. The van der Waals surface area contributed by atoms with Crippen LogP contribution >= 0.6 is 23.2 Å². The van der Waals surface area contributed by atoms with Gasteiger partial charge in [-0.1, -0.05) is 23.2 Å².